The summed E-state index contributed by atoms with van der Waals surface area (Å²) in [5.41, 5.74) is 2.62. The third kappa shape index (κ3) is 5.50. The van der Waals surface area contributed by atoms with E-state index in [4.69, 9.17) is 16.3 Å². The first-order valence-electron chi connectivity index (χ1n) is 8.70. The molecule has 0 radical (unpaired) electrons. The highest BCUT2D eigenvalue weighted by atomic mass is 35.5. The lowest BCUT2D eigenvalue weighted by Gasteiger charge is -2.17. The van der Waals surface area contributed by atoms with Crippen molar-refractivity contribution in [3.63, 3.8) is 0 Å². The van der Waals surface area contributed by atoms with E-state index < -0.39 is 5.97 Å². The van der Waals surface area contributed by atoms with E-state index >= 15 is 0 Å². The van der Waals surface area contributed by atoms with Gasteiger partial charge in [0.1, 0.15) is 0 Å². The number of fused-ring (bicyclic) bond motifs is 1. The molecule has 0 fully saturated rings. The Balaban J connectivity index is 1.35. The van der Waals surface area contributed by atoms with Crippen molar-refractivity contribution in [2.45, 2.75) is 6.42 Å². The molecule has 0 bridgehead atoms. The SMILES string of the molecule is O=C(CSCC(=O)OCC(=O)N1CCc2ccccc21)Nc1ccc(Cl)cc1. The van der Waals surface area contributed by atoms with E-state index in [1.54, 1.807) is 29.2 Å². The Labute approximate surface area is 172 Å². The van der Waals surface area contributed by atoms with Crippen LogP contribution in [0.3, 0.4) is 0 Å². The highest BCUT2D eigenvalue weighted by Gasteiger charge is 2.24. The number of carbonyl (C=O) groups is 3. The standard InChI is InChI=1S/C20H19ClN2O4S/c21-15-5-7-16(8-6-15)22-18(24)12-28-13-20(26)27-11-19(25)23-10-9-14-3-1-2-4-17(14)23/h1-8H,9-13H2,(H,22,24). The predicted octanol–water partition coefficient (Wildman–Crippen LogP) is 3.14. The molecule has 0 atom stereocenters. The lowest BCUT2D eigenvalue weighted by atomic mass is 10.2. The normalized spacial score (nSPS) is 12.4. The molecule has 6 nitrogen and oxygen atoms in total. The van der Waals surface area contributed by atoms with E-state index in [1.807, 2.05) is 24.3 Å². The number of para-hydroxylation sites is 1. The Kier molecular flexibility index (Phi) is 6.95. The number of anilines is 2. The van der Waals surface area contributed by atoms with Crippen molar-refractivity contribution < 1.29 is 19.1 Å². The van der Waals surface area contributed by atoms with Gasteiger partial charge in [-0.1, -0.05) is 29.8 Å². The number of esters is 1. The number of hydrogen-bond acceptors (Lipinski definition) is 5. The molecule has 0 aliphatic carbocycles. The van der Waals surface area contributed by atoms with Crippen molar-refractivity contribution in [3.8, 4) is 0 Å². The summed E-state index contributed by atoms with van der Waals surface area (Å²) >= 11 is 6.92. The van der Waals surface area contributed by atoms with Gasteiger partial charge < -0.3 is 15.0 Å². The maximum Gasteiger partial charge on any atom is 0.316 e. The summed E-state index contributed by atoms with van der Waals surface area (Å²) in [6.07, 6.45) is 0.800. The summed E-state index contributed by atoms with van der Waals surface area (Å²) < 4.78 is 5.05. The van der Waals surface area contributed by atoms with Crippen LogP contribution in [0.15, 0.2) is 48.5 Å². The molecule has 0 unspecified atom stereocenters. The molecular weight excluding hydrogens is 400 g/mol. The van der Waals surface area contributed by atoms with Crippen molar-refractivity contribution in [2.75, 3.05) is 34.9 Å². The summed E-state index contributed by atoms with van der Waals surface area (Å²) in [5, 5.41) is 3.29. The van der Waals surface area contributed by atoms with Gasteiger partial charge in [0.15, 0.2) is 6.61 Å². The zero-order valence-corrected chi connectivity index (χ0v) is 16.6. The second-order valence-electron chi connectivity index (χ2n) is 6.13. The highest BCUT2D eigenvalue weighted by molar-refractivity contribution is 8.00. The molecule has 0 saturated heterocycles. The number of benzene rings is 2. The van der Waals surface area contributed by atoms with Crippen LogP contribution < -0.4 is 10.2 Å². The van der Waals surface area contributed by atoms with Crippen LogP contribution in [0, 0.1) is 0 Å². The van der Waals surface area contributed by atoms with E-state index in [2.05, 4.69) is 5.32 Å². The zero-order valence-electron chi connectivity index (χ0n) is 15.0. The van der Waals surface area contributed by atoms with E-state index in [0.717, 1.165) is 29.4 Å². The van der Waals surface area contributed by atoms with Crippen molar-refractivity contribution >= 4 is 52.5 Å². The van der Waals surface area contributed by atoms with Crippen LogP contribution in [0.5, 0.6) is 0 Å². The Morgan fingerprint density at radius 3 is 2.61 bits per heavy atom. The topological polar surface area (TPSA) is 75.7 Å². The highest BCUT2D eigenvalue weighted by Crippen LogP contribution is 2.27. The molecule has 28 heavy (non-hydrogen) atoms. The van der Waals surface area contributed by atoms with Gasteiger partial charge in [-0.05, 0) is 42.3 Å². The van der Waals surface area contributed by atoms with Crippen molar-refractivity contribution in [2.24, 2.45) is 0 Å². The summed E-state index contributed by atoms with van der Waals surface area (Å²) in [7, 11) is 0. The third-order valence-electron chi connectivity index (χ3n) is 4.13. The number of rotatable bonds is 7. The number of nitrogens with zero attached hydrogens (tertiary/aromatic N) is 1. The molecule has 0 spiro atoms. The molecule has 0 aromatic heterocycles. The first-order valence-corrected chi connectivity index (χ1v) is 10.2. The minimum absolute atomic E-state index is 0.00208. The van der Waals surface area contributed by atoms with Gasteiger partial charge in [-0.3, -0.25) is 14.4 Å². The summed E-state index contributed by atoms with van der Waals surface area (Å²) in [4.78, 5) is 37.6. The van der Waals surface area contributed by atoms with Crippen molar-refractivity contribution in [1.29, 1.82) is 0 Å². The van der Waals surface area contributed by atoms with Crippen molar-refractivity contribution in [1.82, 2.24) is 0 Å². The van der Waals surface area contributed by atoms with Crippen LogP contribution in [-0.4, -0.2) is 42.4 Å². The smallest absolute Gasteiger partial charge is 0.316 e. The minimum atomic E-state index is -0.523. The maximum atomic E-state index is 12.3. The number of halogens is 1. The molecule has 0 saturated carbocycles. The number of carbonyl (C=O) groups excluding carboxylic acids is 3. The molecule has 1 heterocycles. The molecule has 2 aromatic carbocycles. The molecule has 2 aromatic rings. The van der Waals surface area contributed by atoms with Gasteiger partial charge in [-0.2, -0.15) is 0 Å². The number of nitrogens with one attached hydrogen (secondary N) is 1. The average molecular weight is 419 g/mol. The first-order chi connectivity index (χ1) is 13.5. The number of hydrogen-bond donors (Lipinski definition) is 1. The second-order valence-corrected chi connectivity index (χ2v) is 7.55. The first kappa shape index (κ1) is 20.2. The van der Waals surface area contributed by atoms with E-state index in [9.17, 15) is 14.4 Å². The predicted molar refractivity (Wildman–Crippen MR) is 111 cm³/mol. The van der Waals surface area contributed by atoms with Gasteiger partial charge in [0, 0.05) is 22.9 Å². The van der Waals surface area contributed by atoms with Gasteiger partial charge in [-0.25, -0.2) is 0 Å². The van der Waals surface area contributed by atoms with Gasteiger partial charge >= 0.3 is 5.97 Å². The molecule has 3 rings (SSSR count). The maximum absolute atomic E-state index is 12.3. The average Bonchev–Trinajstić information content (AvgIpc) is 3.12. The van der Waals surface area contributed by atoms with Crippen molar-refractivity contribution in [3.05, 3.63) is 59.1 Å². The molecule has 8 heteroatoms. The fourth-order valence-electron chi connectivity index (χ4n) is 2.82. The van der Waals surface area contributed by atoms with Crippen LogP contribution in [0.4, 0.5) is 11.4 Å². The van der Waals surface area contributed by atoms with Gasteiger partial charge in [0.05, 0.1) is 11.5 Å². The van der Waals surface area contributed by atoms with Crippen LogP contribution >= 0.6 is 23.4 Å². The lowest BCUT2D eigenvalue weighted by Crippen LogP contribution is -2.33. The quantitative estimate of drug-likeness (QED) is 0.699. The second kappa shape index (κ2) is 9.61. The Bertz CT molecular complexity index is 873. The van der Waals surface area contributed by atoms with Gasteiger partial charge in [-0.15, -0.1) is 11.8 Å². The summed E-state index contributed by atoms with van der Waals surface area (Å²) in [5.74, 6) is -0.901. The van der Waals surface area contributed by atoms with E-state index in [-0.39, 0.29) is 29.9 Å². The van der Waals surface area contributed by atoms with Crippen LogP contribution in [-0.2, 0) is 25.5 Å². The fourth-order valence-corrected chi connectivity index (χ4v) is 3.55. The largest absolute Gasteiger partial charge is 0.455 e. The lowest BCUT2D eigenvalue weighted by molar-refractivity contribution is -0.145. The van der Waals surface area contributed by atoms with E-state index in [0.29, 0.717) is 17.3 Å². The Morgan fingerprint density at radius 2 is 1.82 bits per heavy atom. The fraction of sp³-hybridized carbons (Fsp3) is 0.250. The summed E-state index contributed by atoms with van der Waals surface area (Å²) in [6, 6.07) is 14.4. The Morgan fingerprint density at radius 1 is 1.07 bits per heavy atom. The monoisotopic (exact) mass is 418 g/mol. The molecule has 1 N–H and O–H groups in total. The van der Waals surface area contributed by atoms with Gasteiger partial charge in [0.2, 0.25) is 5.91 Å². The zero-order chi connectivity index (χ0) is 19.9. The molecule has 1 aliphatic rings. The third-order valence-corrected chi connectivity index (χ3v) is 5.28. The van der Waals surface area contributed by atoms with E-state index in [1.165, 1.54) is 0 Å². The molecular formula is C20H19ClN2O4S. The Hall–Kier alpha value is -2.51. The van der Waals surface area contributed by atoms with Crippen LogP contribution in [0.25, 0.3) is 0 Å². The van der Waals surface area contributed by atoms with Crippen LogP contribution in [0.2, 0.25) is 5.02 Å². The molecule has 146 valence electrons. The van der Waals surface area contributed by atoms with Gasteiger partial charge in [0.25, 0.3) is 5.91 Å². The number of ether oxygens (including phenoxy) is 1. The van der Waals surface area contributed by atoms with Crippen LogP contribution in [0.1, 0.15) is 5.56 Å². The minimum Gasteiger partial charge on any atom is -0.455 e. The number of thioether (sulfide) groups is 1. The molecule has 2 amide bonds. The number of amides is 2. The molecule has 1 aliphatic heterocycles. The summed E-state index contributed by atoms with van der Waals surface area (Å²) in [6.45, 7) is 0.292.